The minimum Gasteiger partial charge on any atom is -0.293 e. The SMILES string of the molecule is CC(=O)NNC(=O)CN(C)Cc1ccc(C(F)(F)F)cc1. The first-order valence-corrected chi connectivity index (χ1v) is 6.08. The Balaban J connectivity index is 2.49. The molecule has 0 fully saturated rings. The fraction of sp³-hybridized carbons (Fsp3) is 0.385. The molecule has 0 aliphatic heterocycles. The summed E-state index contributed by atoms with van der Waals surface area (Å²) >= 11 is 0. The Bertz CT molecular complexity index is 500. The number of carbonyl (C=O) groups is 2. The van der Waals surface area contributed by atoms with Crippen LogP contribution >= 0.6 is 0 Å². The summed E-state index contributed by atoms with van der Waals surface area (Å²) in [7, 11) is 1.64. The molecule has 116 valence electrons. The molecule has 0 saturated heterocycles. The van der Waals surface area contributed by atoms with E-state index >= 15 is 0 Å². The number of alkyl halides is 3. The molecule has 0 saturated carbocycles. The van der Waals surface area contributed by atoms with E-state index in [1.54, 1.807) is 11.9 Å². The standard InChI is InChI=1S/C13H16F3N3O2/c1-9(20)17-18-12(21)8-19(2)7-10-3-5-11(6-4-10)13(14,15)16/h3-6H,7-8H2,1-2H3,(H,17,20)(H,18,21). The lowest BCUT2D eigenvalue weighted by Crippen LogP contribution is -2.44. The molecule has 0 aliphatic rings. The molecular weight excluding hydrogens is 287 g/mol. The highest BCUT2D eigenvalue weighted by Gasteiger charge is 2.29. The number of carbonyl (C=O) groups excluding carboxylic acids is 2. The highest BCUT2D eigenvalue weighted by Crippen LogP contribution is 2.29. The lowest BCUT2D eigenvalue weighted by molar-refractivity contribution is -0.137. The Kier molecular flexibility index (Phi) is 5.71. The van der Waals surface area contributed by atoms with Crippen molar-refractivity contribution in [1.29, 1.82) is 0 Å². The summed E-state index contributed by atoms with van der Waals surface area (Å²) < 4.78 is 37.2. The van der Waals surface area contributed by atoms with Crippen molar-refractivity contribution in [3.05, 3.63) is 35.4 Å². The van der Waals surface area contributed by atoms with E-state index in [-0.39, 0.29) is 6.54 Å². The van der Waals surface area contributed by atoms with Crippen LogP contribution in [0.1, 0.15) is 18.1 Å². The van der Waals surface area contributed by atoms with E-state index in [0.29, 0.717) is 12.1 Å². The zero-order valence-electron chi connectivity index (χ0n) is 11.6. The minimum absolute atomic E-state index is 0.00129. The van der Waals surface area contributed by atoms with Crippen molar-refractivity contribution in [3.63, 3.8) is 0 Å². The summed E-state index contributed by atoms with van der Waals surface area (Å²) in [6.45, 7) is 1.57. The van der Waals surface area contributed by atoms with Crippen molar-refractivity contribution in [2.45, 2.75) is 19.6 Å². The van der Waals surface area contributed by atoms with Crippen LogP contribution in [0.2, 0.25) is 0 Å². The number of hydrazine groups is 1. The first kappa shape index (κ1) is 17.0. The van der Waals surface area contributed by atoms with Crippen LogP contribution in [0, 0.1) is 0 Å². The van der Waals surface area contributed by atoms with Gasteiger partial charge < -0.3 is 0 Å². The molecule has 5 nitrogen and oxygen atoms in total. The molecule has 0 aromatic heterocycles. The zero-order valence-corrected chi connectivity index (χ0v) is 11.6. The monoisotopic (exact) mass is 303 g/mol. The van der Waals surface area contributed by atoms with Crippen LogP contribution in [-0.2, 0) is 22.3 Å². The molecule has 0 unspecified atom stereocenters. The van der Waals surface area contributed by atoms with E-state index < -0.39 is 23.6 Å². The largest absolute Gasteiger partial charge is 0.416 e. The van der Waals surface area contributed by atoms with Crippen LogP contribution in [0.25, 0.3) is 0 Å². The van der Waals surface area contributed by atoms with E-state index in [4.69, 9.17) is 0 Å². The van der Waals surface area contributed by atoms with Crippen molar-refractivity contribution in [1.82, 2.24) is 15.8 Å². The van der Waals surface area contributed by atoms with Gasteiger partial charge in [0.2, 0.25) is 5.91 Å². The van der Waals surface area contributed by atoms with Crippen molar-refractivity contribution in [3.8, 4) is 0 Å². The zero-order chi connectivity index (χ0) is 16.0. The molecule has 0 radical (unpaired) electrons. The summed E-state index contributed by atoms with van der Waals surface area (Å²) in [5.74, 6) is -0.812. The summed E-state index contributed by atoms with van der Waals surface area (Å²) in [6.07, 6.45) is -4.36. The van der Waals surface area contributed by atoms with Crippen LogP contribution in [0.3, 0.4) is 0 Å². The average Bonchev–Trinajstić information content (AvgIpc) is 2.35. The van der Waals surface area contributed by atoms with Gasteiger partial charge >= 0.3 is 6.18 Å². The van der Waals surface area contributed by atoms with Crippen LogP contribution in [0.4, 0.5) is 13.2 Å². The van der Waals surface area contributed by atoms with Crippen LogP contribution < -0.4 is 10.9 Å². The minimum atomic E-state index is -4.36. The Morgan fingerprint density at radius 1 is 1.14 bits per heavy atom. The molecule has 8 heteroatoms. The predicted octanol–water partition coefficient (Wildman–Crippen LogP) is 1.30. The first-order valence-electron chi connectivity index (χ1n) is 6.08. The number of hydrogen-bond acceptors (Lipinski definition) is 3. The molecule has 0 bridgehead atoms. The molecule has 0 atom stereocenters. The Morgan fingerprint density at radius 2 is 1.71 bits per heavy atom. The third-order valence-corrected chi connectivity index (χ3v) is 2.53. The van der Waals surface area contributed by atoms with E-state index in [1.807, 2.05) is 0 Å². The van der Waals surface area contributed by atoms with Gasteiger partial charge in [-0.05, 0) is 24.7 Å². The van der Waals surface area contributed by atoms with Gasteiger partial charge in [0.25, 0.3) is 5.91 Å². The molecule has 1 rings (SSSR count). The van der Waals surface area contributed by atoms with Gasteiger partial charge in [-0.1, -0.05) is 12.1 Å². The van der Waals surface area contributed by atoms with Crippen LogP contribution in [-0.4, -0.2) is 30.3 Å². The molecule has 1 aromatic carbocycles. The fourth-order valence-electron chi connectivity index (χ4n) is 1.61. The lowest BCUT2D eigenvalue weighted by Gasteiger charge is -2.16. The Morgan fingerprint density at radius 3 is 2.19 bits per heavy atom. The highest BCUT2D eigenvalue weighted by atomic mass is 19.4. The summed E-state index contributed by atoms with van der Waals surface area (Å²) in [6, 6.07) is 4.73. The van der Waals surface area contributed by atoms with Gasteiger partial charge in [-0.2, -0.15) is 13.2 Å². The summed E-state index contributed by atoms with van der Waals surface area (Å²) in [5, 5.41) is 0. The summed E-state index contributed by atoms with van der Waals surface area (Å²) in [5.41, 5.74) is 4.29. The van der Waals surface area contributed by atoms with Crippen LogP contribution in [0.5, 0.6) is 0 Å². The maximum atomic E-state index is 12.4. The summed E-state index contributed by atoms with van der Waals surface area (Å²) in [4.78, 5) is 23.6. The quantitative estimate of drug-likeness (QED) is 0.824. The highest BCUT2D eigenvalue weighted by molar-refractivity contribution is 5.81. The second-order valence-corrected chi connectivity index (χ2v) is 4.60. The van der Waals surface area contributed by atoms with E-state index in [9.17, 15) is 22.8 Å². The molecular formula is C13H16F3N3O2. The van der Waals surface area contributed by atoms with Crippen molar-refractivity contribution in [2.24, 2.45) is 0 Å². The normalized spacial score (nSPS) is 11.3. The van der Waals surface area contributed by atoms with Gasteiger partial charge in [0.05, 0.1) is 12.1 Å². The number of nitrogens with zero attached hydrogens (tertiary/aromatic N) is 1. The molecule has 2 N–H and O–H groups in total. The van der Waals surface area contributed by atoms with Gasteiger partial charge in [-0.15, -0.1) is 0 Å². The molecule has 2 amide bonds. The third-order valence-electron chi connectivity index (χ3n) is 2.53. The molecule has 1 aromatic rings. The molecule has 0 heterocycles. The number of rotatable bonds is 4. The topological polar surface area (TPSA) is 61.4 Å². The second kappa shape index (κ2) is 7.07. The van der Waals surface area contributed by atoms with Gasteiger partial charge in [-0.25, -0.2) is 0 Å². The van der Waals surface area contributed by atoms with Crippen LogP contribution in [0.15, 0.2) is 24.3 Å². The Hall–Kier alpha value is -2.09. The number of nitrogens with one attached hydrogen (secondary N) is 2. The maximum absolute atomic E-state index is 12.4. The smallest absolute Gasteiger partial charge is 0.293 e. The number of likely N-dealkylation sites (N-methyl/N-ethyl adjacent to an activating group) is 1. The number of hydrogen-bond donors (Lipinski definition) is 2. The van der Waals surface area contributed by atoms with E-state index in [2.05, 4.69) is 10.9 Å². The molecule has 0 spiro atoms. The van der Waals surface area contributed by atoms with Gasteiger partial charge in [-0.3, -0.25) is 25.3 Å². The molecule has 0 aliphatic carbocycles. The number of amides is 2. The number of benzene rings is 1. The fourth-order valence-corrected chi connectivity index (χ4v) is 1.61. The van der Waals surface area contributed by atoms with Gasteiger partial charge in [0, 0.05) is 13.5 Å². The van der Waals surface area contributed by atoms with Crippen molar-refractivity contribution < 1.29 is 22.8 Å². The number of halogens is 3. The van der Waals surface area contributed by atoms with E-state index in [1.165, 1.54) is 19.1 Å². The maximum Gasteiger partial charge on any atom is 0.416 e. The third kappa shape index (κ3) is 6.26. The Labute approximate surface area is 120 Å². The molecule has 21 heavy (non-hydrogen) atoms. The van der Waals surface area contributed by atoms with Crippen molar-refractivity contribution >= 4 is 11.8 Å². The lowest BCUT2D eigenvalue weighted by atomic mass is 10.1. The average molecular weight is 303 g/mol. The predicted molar refractivity (Wildman–Crippen MR) is 69.7 cm³/mol. The second-order valence-electron chi connectivity index (χ2n) is 4.60. The van der Waals surface area contributed by atoms with Gasteiger partial charge in [0.15, 0.2) is 0 Å². The van der Waals surface area contributed by atoms with Crippen molar-refractivity contribution in [2.75, 3.05) is 13.6 Å². The first-order chi connectivity index (χ1) is 9.68. The van der Waals surface area contributed by atoms with Gasteiger partial charge in [0.1, 0.15) is 0 Å². The van der Waals surface area contributed by atoms with E-state index in [0.717, 1.165) is 12.1 Å².